The minimum absolute atomic E-state index is 0.180. The molecule has 0 saturated carbocycles. The number of carboxylic acid groups (broad SMARTS) is 2. The summed E-state index contributed by atoms with van der Waals surface area (Å²) in [6, 6.07) is 4.61. The molecule has 1 fully saturated rings. The van der Waals surface area contributed by atoms with Crippen molar-refractivity contribution in [3.63, 3.8) is 0 Å². The average molecular weight is 364 g/mol. The lowest BCUT2D eigenvalue weighted by atomic mass is 9.51. The number of non-ortho nitro benzene ring substituents is 1. The van der Waals surface area contributed by atoms with Gasteiger partial charge in [0.05, 0.1) is 15.8 Å². The van der Waals surface area contributed by atoms with Crippen molar-refractivity contribution < 1.29 is 24.7 Å². The number of nitrogens with one attached hydrogen (secondary N) is 1. The smallest absolute Gasteiger partial charge is 0.311 e. The number of nitro groups is 1. The van der Waals surface area contributed by atoms with Crippen LogP contribution in [0.5, 0.6) is 0 Å². The second-order valence-corrected chi connectivity index (χ2v) is 7.18. The van der Waals surface area contributed by atoms with Crippen molar-refractivity contribution in [2.45, 2.75) is 52.1 Å². The lowest BCUT2D eigenvalue weighted by Crippen LogP contribution is -2.68. The van der Waals surface area contributed by atoms with Gasteiger partial charge in [0.2, 0.25) is 0 Å². The molecule has 142 valence electrons. The first-order chi connectivity index (χ1) is 12.0. The maximum atomic E-state index is 12.4. The Morgan fingerprint density at radius 3 is 2.31 bits per heavy atom. The highest BCUT2D eigenvalue weighted by atomic mass is 16.6. The van der Waals surface area contributed by atoms with Crippen LogP contribution in [0, 0.1) is 20.9 Å². The summed E-state index contributed by atoms with van der Waals surface area (Å²) < 4.78 is 0. The molecule has 0 aromatic heterocycles. The van der Waals surface area contributed by atoms with Crippen LogP contribution >= 0.6 is 0 Å². The third-order valence-corrected chi connectivity index (χ3v) is 6.15. The van der Waals surface area contributed by atoms with Gasteiger partial charge >= 0.3 is 11.9 Å². The molecule has 2 rings (SSSR count). The second kappa shape index (κ2) is 6.68. The SMILES string of the molecule is CCC1(C(=O)O)C(C)NC(C)C(C)(C(=O)O)C1c1cccc([N+](=O)[O-])c1. The third kappa shape index (κ3) is 2.65. The highest BCUT2D eigenvalue weighted by molar-refractivity contribution is 5.83. The predicted octanol–water partition coefficient (Wildman–Crippen LogP) is 2.63. The quantitative estimate of drug-likeness (QED) is 0.541. The summed E-state index contributed by atoms with van der Waals surface area (Å²) >= 11 is 0. The van der Waals surface area contributed by atoms with Gasteiger partial charge in [-0.1, -0.05) is 19.1 Å². The van der Waals surface area contributed by atoms with Crippen LogP contribution < -0.4 is 5.32 Å². The number of piperidine rings is 1. The Labute approximate surface area is 151 Å². The van der Waals surface area contributed by atoms with Crippen molar-refractivity contribution >= 4 is 17.6 Å². The summed E-state index contributed by atoms with van der Waals surface area (Å²) in [5, 5.41) is 34.4. The Bertz CT molecular complexity index is 751. The predicted molar refractivity (Wildman–Crippen MR) is 94.0 cm³/mol. The molecule has 0 amide bonds. The van der Waals surface area contributed by atoms with Gasteiger partial charge < -0.3 is 15.5 Å². The molecule has 8 nitrogen and oxygen atoms in total. The van der Waals surface area contributed by atoms with E-state index in [1.54, 1.807) is 26.8 Å². The Morgan fingerprint density at radius 1 is 1.23 bits per heavy atom. The number of nitrogens with zero attached hydrogens (tertiary/aromatic N) is 1. The molecule has 0 spiro atoms. The molecule has 1 aliphatic rings. The van der Waals surface area contributed by atoms with Gasteiger partial charge in [0.15, 0.2) is 0 Å². The van der Waals surface area contributed by atoms with E-state index in [0.29, 0.717) is 5.56 Å². The minimum Gasteiger partial charge on any atom is -0.481 e. The number of carboxylic acids is 2. The summed E-state index contributed by atoms with van der Waals surface area (Å²) in [5.74, 6) is -3.20. The monoisotopic (exact) mass is 364 g/mol. The van der Waals surface area contributed by atoms with Crippen LogP contribution in [-0.4, -0.2) is 39.2 Å². The van der Waals surface area contributed by atoms with Gasteiger partial charge in [-0.15, -0.1) is 0 Å². The first-order valence-electron chi connectivity index (χ1n) is 8.50. The van der Waals surface area contributed by atoms with Crippen molar-refractivity contribution in [1.82, 2.24) is 5.32 Å². The van der Waals surface area contributed by atoms with Gasteiger partial charge in [-0.05, 0) is 32.8 Å². The van der Waals surface area contributed by atoms with Crippen LogP contribution in [0.2, 0.25) is 0 Å². The Balaban J connectivity index is 2.84. The molecule has 0 aliphatic carbocycles. The normalized spacial score (nSPS) is 34.2. The van der Waals surface area contributed by atoms with E-state index in [-0.39, 0.29) is 12.1 Å². The highest BCUT2D eigenvalue weighted by Crippen LogP contribution is 2.57. The zero-order chi connectivity index (χ0) is 19.9. The zero-order valence-electron chi connectivity index (χ0n) is 15.2. The number of hydrogen-bond donors (Lipinski definition) is 3. The van der Waals surface area contributed by atoms with Gasteiger partial charge in [0.1, 0.15) is 0 Å². The van der Waals surface area contributed by atoms with Crippen LogP contribution in [-0.2, 0) is 9.59 Å². The van der Waals surface area contributed by atoms with Crippen molar-refractivity contribution in [3.8, 4) is 0 Å². The largest absolute Gasteiger partial charge is 0.481 e. The second-order valence-electron chi connectivity index (χ2n) is 7.18. The van der Waals surface area contributed by atoms with Crippen molar-refractivity contribution in [3.05, 3.63) is 39.9 Å². The van der Waals surface area contributed by atoms with Crippen LogP contribution in [0.1, 0.15) is 45.6 Å². The standard InChI is InChI=1S/C18H24N2O6/c1-5-18(16(23)24)11(3)19-10(2)17(4,15(21)22)14(18)12-7-6-8-13(9-12)20(25)26/h6-11,14,19H,5H2,1-4H3,(H,21,22)(H,23,24). The number of benzene rings is 1. The topological polar surface area (TPSA) is 130 Å². The van der Waals surface area contributed by atoms with Gasteiger partial charge in [0, 0.05) is 30.1 Å². The first-order valence-corrected chi connectivity index (χ1v) is 8.50. The molecule has 26 heavy (non-hydrogen) atoms. The number of nitro benzene ring substituents is 1. The fourth-order valence-electron chi connectivity index (χ4n) is 4.47. The summed E-state index contributed by atoms with van der Waals surface area (Å²) in [7, 11) is 0. The van der Waals surface area contributed by atoms with Gasteiger partial charge in [-0.2, -0.15) is 0 Å². The van der Waals surface area contributed by atoms with Crippen LogP contribution in [0.3, 0.4) is 0 Å². The van der Waals surface area contributed by atoms with E-state index in [2.05, 4.69) is 5.32 Å². The van der Waals surface area contributed by atoms with E-state index in [1.807, 2.05) is 0 Å². The molecule has 1 aliphatic heterocycles. The molecule has 0 radical (unpaired) electrons. The van der Waals surface area contributed by atoms with Crippen LogP contribution in [0.25, 0.3) is 0 Å². The van der Waals surface area contributed by atoms with Gasteiger partial charge in [-0.25, -0.2) is 0 Å². The first kappa shape index (κ1) is 19.8. The van der Waals surface area contributed by atoms with E-state index in [0.717, 1.165) is 0 Å². The van der Waals surface area contributed by atoms with Gasteiger partial charge in [-0.3, -0.25) is 19.7 Å². The van der Waals surface area contributed by atoms with E-state index in [4.69, 9.17) is 0 Å². The number of carbonyl (C=O) groups is 2. The van der Waals surface area contributed by atoms with Crippen LogP contribution in [0.15, 0.2) is 24.3 Å². The Morgan fingerprint density at radius 2 is 1.85 bits per heavy atom. The van der Waals surface area contributed by atoms with E-state index >= 15 is 0 Å². The third-order valence-electron chi connectivity index (χ3n) is 6.15. The minimum atomic E-state index is -1.46. The summed E-state index contributed by atoms with van der Waals surface area (Å²) in [5.41, 5.74) is -2.72. The Hall–Kier alpha value is -2.48. The van der Waals surface area contributed by atoms with Gasteiger partial charge in [0.25, 0.3) is 5.69 Å². The number of aliphatic carboxylic acids is 2. The van der Waals surface area contributed by atoms with Crippen molar-refractivity contribution in [2.24, 2.45) is 10.8 Å². The molecule has 8 heteroatoms. The molecule has 5 atom stereocenters. The average Bonchev–Trinajstić information content (AvgIpc) is 2.57. The van der Waals surface area contributed by atoms with E-state index < -0.39 is 45.7 Å². The number of hydrogen-bond acceptors (Lipinski definition) is 5. The highest BCUT2D eigenvalue weighted by Gasteiger charge is 2.64. The summed E-state index contributed by atoms with van der Waals surface area (Å²) in [6.07, 6.45) is 0.180. The zero-order valence-corrected chi connectivity index (χ0v) is 15.2. The summed E-state index contributed by atoms with van der Waals surface area (Å²) in [4.78, 5) is 35.2. The number of rotatable bonds is 5. The molecule has 1 aromatic rings. The van der Waals surface area contributed by atoms with Crippen molar-refractivity contribution in [2.75, 3.05) is 0 Å². The Kier molecular flexibility index (Phi) is 5.10. The molecular formula is C18H24N2O6. The molecule has 1 heterocycles. The molecule has 0 bridgehead atoms. The maximum Gasteiger partial charge on any atom is 0.311 e. The summed E-state index contributed by atoms with van der Waals surface area (Å²) in [6.45, 7) is 6.64. The van der Waals surface area contributed by atoms with Crippen molar-refractivity contribution in [1.29, 1.82) is 0 Å². The molecule has 1 aromatic carbocycles. The fourth-order valence-corrected chi connectivity index (χ4v) is 4.47. The van der Waals surface area contributed by atoms with Crippen LogP contribution in [0.4, 0.5) is 5.69 Å². The molecule has 1 saturated heterocycles. The maximum absolute atomic E-state index is 12.4. The lowest BCUT2D eigenvalue weighted by Gasteiger charge is -2.56. The molecule has 5 unspecified atom stereocenters. The van der Waals surface area contributed by atoms with E-state index in [1.165, 1.54) is 25.1 Å². The molecule has 3 N–H and O–H groups in total. The lowest BCUT2D eigenvalue weighted by molar-refractivity contribution is -0.385. The fraction of sp³-hybridized carbons (Fsp3) is 0.556. The van der Waals surface area contributed by atoms with E-state index in [9.17, 15) is 29.9 Å². The molecular weight excluding hydrogens is 340 g/mol.